The molecule has 0 unspecified atom stereocenters. The normalized spacial score (nSPS) is 12.3. The van der Waals surface area contributed by atoms with Gasteiger partial charge in [-0.05, 0) is 30.7 Å². The third-order valence-corrected chi connectivity index (χ3v) is 3.81. The molecular weight excluding hydrogens is 327 g/mol. The molecule has 0 aliphatic carbocycles. The number of aliphatic hydroxyl groups excluding tert-OH is 1. The number of rotatable bonds is 4. The van der Waals surface area contributed by atoms with E-state index in [0.717, 1.165) is 5.82 Å². The van der Waals surface area contributed by atoms with E-state index in [4.69, 9.17) is 23.2 Å². The van der Waals surface area contributed by atoms with E-state index in [0.29, 0.717) is 21.4 Å². The Kier molecular flexibility index (Phi) is 5.05. The highest BCUT2D eigenvalue weighted by molar-refractivity contribution is 6.34. The SMILES string of the molecule is Cc1nnc(CN(C)C(=O)[C@@H](O)c2cc(Cl)cc(Cl)c2)n1C. The summed E-state index contributed by atoms with van der Waals surface area (Å²) in [5, 5.41) is 18.9. The minimum Gasteiger partial charge on any atom is -0.378 e. The summed E-state index contributed by atoms with van der Waals surface area (Å²) in [6.45, 7) is 2.06. The standard InChI is InChI=1S/C14H16Cl2N4O2/c1-8-17-18-12(20(8)3)7-19(2)14(22)13(21)9-4-10(15)6-11(16)5-9/h4-6,13,21H,7H2,1-3H3/t13-/m0/s1. The van der Waals surface area contributed by atoms with Crippen LogP contribution in [0.4, 0.5) is 0 Å². The molecule has 0 saturated carbocycles. The Morgan fingerprint density at radius 2 is 1.91 bits per heavy atom. The maximum atomic E-state index is 12.3. The maximum Gasteiger partial charge on any atom is 0.256 e. The van der Waals surface area contributed by atoms with E-state index in [1.54, 1.807) is 11.6 Å². The summed E-state index contributed by atoms with van der Waals surface area (Å²) in [6.07, 6.45) is -1.34. The lowest BCUT2D eigenvalue weighted by atomic mass is 10.1. The predicted octanol–water partition coefficient (Wildman–Crippen LogP) is 2.12. The largest absolute Gasteiger partial charge is 0.378 e. The minimum absolute atomic E-state index is 0.238. The summed E-state index contributed by atoms with van der Waals surface area (Å²) in [6, 6.07) is 4.56. The van der Waals surface area contributed by atoms with Crippen LogP contribution in [-0.4, -0.2) is 37.7 Å². The lowest BCUT2D eigenvalue weighted by molar-refractivity contribution is -0.139. The Bertz CT molecular complexity index is 682. The summed E-state index contributed by atoms with van der Waals surface area (Å²) in [5.41, 5.74) is 0.350. The first-order chi connectivity index (χ1) is 10.3. The maximum absolute atomic E-state index is 12.3. The van der Waals surface area contributed by atoms with Gasteiger partial charge in [-0.3, -0.25) is 4.79 Å². The number of aliphatic hydroxyl groups is 1. The van der Waals surface area contributed by atoms with Crippen LogP contribution >= 0.6 is 23.2 Å². The summed E-state index contributed by atoms with van der Waals surface area (Å²) in [5.74, 6) is 0.904. The second-order valence-electron chi connectivity index (χ2n) is 5.02. The van der Waals surface area contributed by atoms with Crippen molar-refractivity contribution in [3.63, 3.8) is 0 Å². The number of likely N-dealkylation sites (N-methyl/N-ethyl adjacent to an activating group) is 1. The number of carbonyl (C=O) groups excluding carboxylic acids is 1. The molecule has 22 heavy (non-hydrogen) atoms. The third-order valence-electron chi connectivity index (χ3n) is 3.37. The number of halogens is 2. The van der Waals surface area contributed by atoms with Crippen LogP contribution in [-0.2, 0) is 18.4 Å². The molecule has 0 aliphatic rings. The Hall–Kier alpha value is -1.63. The van der Waals surface area contributed by atoms with Crippen molar-refractivity contribution >= 4 is 29.1 Å². The number of hydrogen-bond acceptors (Lipinski definition) is 4. The number of carbonyl (C=O) groups is 1. The van der Waals surface area contributed by atoms with Crippen molar-refractivity contribution in [2.75, 3.05) is 7.05 Å². The van der Waals surface area contributed by atoms with Crippen LogP contribution < -0.4 is 0 Å². The second-order valence-corrected chi connectivity index (χ2v) is 5.89. The molecule has 0 fully saturated rings. The molecule has 1 atom stereocenters. The van der Waals surface area contributed by atoms with Crippen LogP contribution in [0, 0.1) is 6.92 Å². The lowest BCUT2D eigenvalue weighted by Gasteiger charge is -2.20. The fourth-order valence-corrected chi connectivity index (χ4v) is 2.51. The zero-order chi connectivity index (χ0) is 16.4. The van der Waals surface area contributed by atoms with Gasteiger partial charge in [0.25, 0.3) is 5.91 Å². The molecule has 6 nitrogen and oxygen atoms in total. The Balaban J connectivity index is 2.14. The Labute approximate surface area is 138 Å². The zero-order valence-electron chi connectivity index (χ0n) is 12.4. The summed E-state index contributed by atoms with van der Waals surface area (Å²) in [7, 11) is 3.40. The summed E-state index contributed by atoms with van der Waals surface area (Å²) in [4.78, 5) is 13.7. The molecule has 0 aliphatic heterocycles. The number of nitrogens with zero attached hydrogens (tertiary/aromatic N) is 4. The molecule has 0 spiro atoms. The minimum atomic E-state index is -1.34. The average Bonchev–Trinajstić information content (AvgIpc) is 2.76. The van der Waals surface area contributed by atoms with E-state index < -0.39 is 12.0 Å². The fourth-order valence-electron chi connectivity index (χ4n) is 1.96. The van der Waals surface area contributed by atoms with E-state index >= 15 is 0 Å². The molecule has 1 aromatic carbocycles. The molecule has 118 valence electrons. The van der Waals surface area contributed by atoms with E-state index in [1.807, 2.05) is 14.0 Å². The van der Waals surface area contributed by atoms with Crippen molar-refractivity contribution in [1.29, 1.82) is 0 Å². The molecule has 2 rings (SSSR count). The van der Waals surface area contributed by atoms with Gasteiger partial charge in [-0.1, -0.05) is 23.2 Å². The van der Waals surface area contributed by atoms with E-state index in [-0.39, 0.29) is 6.54 Å². The van der Waals surface area contributed by atoms with Gasteiger partial charge in [0.15, 0.2) is 11.9 Å². The first-order valence-electron chi connectivity index (χ1n) is 6.53. The van der Waals surface area contributed by atoms with Gasteiger partial charge in [0.2, 0.25) is 0 Å². The molecule has 2 aromatic rings. The van der Waals surface area contributed by atoms with Crippen LogP contribution in [0.3, 0.4) is 0 Å². The van der Waals surface area contributed by atoms with Gasteiger partial charge in [-0.2, -0.15) is 0 Å². The lowest BCUT2D eigenvalue weighted by Crippen LogP contribution is -2.32. The van der Waals surface area contributed by atoms with Gasteiger partial charge in [0.05, 0.1) is 6.54 Å². The van der Waals surface area contributed by atoms with Crippen molar-refractivity contribution in [1.82, 2.24) is 19.7 Å². The molecule has 1 heterocycles. The van der Waals surface area contributed by atoms with Crippen molar-refractivity contribution in [3.05, 3.63) is 45.5 Å². The Morgan fingerprint density at radius 3 is 2.41 bits per heavy atom. The van der Waals surface area contributed by atoms with Gasteiger partial charge in [-0.25, -0.2) is 0 Å². The first kappa shape index (κ1) is 16.7. The van der Waals surface area contributed by atoms with E-state index in [2.05, 4.69) is 10.2 Å². The van der Waals surface area contributed by atoms with Crippen molar-refractivity contribution in [3.8, 4) is 0 Å². The van der Waals surface area contributed by atoms with Crippen molar-refractivity contribution in [2.45, 2.75) is 19.6 Å². The molecule has 0 radical (unpaired) electrons. The second kappa shape index (κ2) is 6.64. The first-order valence-corrected chi connectivity index (χ1v) is 7.29. The van der Waals surface area contributed by atoms with Gasteiger partial charge in [0.1, 0.15) is 5.82 Å². The molecule has 1 aromatic heterocycles. The highest BCUT2D eigenvalue weighted by atomic mass is 35.5. The van der Waals surface area contributed by atoms with Gasteiger partial charge in [0, 0.05) is 24.1 Å². The fraction of sp³-hybridized carbons (Fsp3) is 0.357. The molecule has 8 heteroatoms. The number of benzene rings is 1. The van der Waals surface area contributed by atoms with Crippen LogP contribution in [0.1, 0.15) is 23.3 Å². The van der Waals surface area contributed by atoms with E-state index in [1.165, 1.54) is 23.1 Å². The summed E-state index contributed by atoms with van der Waals surface area (Å²) >= 11 is 11.8. The van der Waals surface area contributed by atoms with E-state index in [9.17, 15) is 9.90 Å². The molecule has 1 amide bonds. The number of aryl methyl sites for hydroxylation is 1. The van der Waals surface area contributed by atoms with Gasteiger partial charge >= 0.3 is 0 Å². The topological polar surface area (TPSA) is 71.2 Å². The predicted molar refractivity (Wildman–Crippen MR) is 83.6 cm³/mol. The van der Waals surface area contributed by atoms with Crippen LogP contribution in [0.25, 0.3) is 0 Å². The van der Waals surface area contributed by atoms with Gasteiger partial charge in [-0.15, -0.1) is 10.2 Å². The zero-order valence-corrected chi connectivity index (χ0v) is 13.9. The monoisotopic (exact) mass is 342 g/mol. The van der Waals surface area contributed by atoms with Crippen LogP contribution in [0.15, 0.2) is 18.2 Å². The van der Waals surface area contributed by atoms with Crippen molar-refractivity contribution in [2.24, 2.45) is 7.05 Å². The van der Waals surface area contributed by atoms with Gasteiger partial charge < -0.3 is 14.6 Å². The molecule has 1 N–H and O–H groups in total. The Morgan fingerprint density at radius 1 is 1.32 bits per heavy atom. The molecule has 0 saturated heterocycles. The van der Waals surface area contributed by atoms with Crippen LogP contribution in [0.2, 0.25) is 10.0 Å². The highest BCUT2D eigenvalue weighted by Gasteiger charge is 2.23. The quantitative estimate of drug-likeness (QED) is 0.923. The number of hydrogen-bond donors (Lipinski definition) is 1. The van der Waals surface area contributed by atoms with Crippen LogP contribution in [0.5, 0.6) is 0 Å². The average molecular weight is 343 g/mol. The molecular formula is C14H16Cl2N4O2. The third kappa shape index (κ3) is 3.58. The van der Waals surface area contributed by atoms with Crippen molar-refractivity contribution < 1.29 is 9.90 Å². The molecule has 0 bridgehead atoms. The summed E-state index contributed by atoms with van der Waals surface area (Å²) < 4.78 is 1.78. The highest BCUT2D eigenvalue weighted by Crippen LogP contribution is 2.24. The smallest absolute Gasteiger partial charge is 0.256 e. The number of amides is 1. The number of aromatic nitrogens is 3.